The molecule has 0 unspecified atom stereocenters. The van der Waals surface area contributed by atoms with E-state index in [4.69, 9.17) is 11.2 Å². The van der Waals surface area contributed by atoms with Gasteiger partial charge in [0, 0.05) is 19.6 Å². The minimum atomic E-state index is -0.552. The van der Waals surface area contributed by atoms with Crippen molar-refractivity contribution >= 4 is 0 Å². The molecular weight excluding hydrogens is 238 g/mol. The Morgan fingerprint density at radius 3 is 2.47 bits per heavy atom. The van der Waals surface area contributed by atoms with E-state index in [0.29, 0.717) is 25.0 Å². The standard InChI is InChI=1S/C16H29NO2/c1-6-16(5,7-2)19-12-15(18)11-17-9-13(3)8-14(4)10-17/h1,13-15,18H,7-12H2,2-5H3/t13-,14-,15-,16-/m1/s1. The van der Waals surface area contributed by atoms with Crippen LogP contribution >= 0.6 is 0 Å². The highest BCUT2D eigenvalue weighted by atomic mass is 16.5. The summed E-state index contributed by atoms with van der Waals surface area (Å²) in [6.45, 7) is 11.6. The largest absolute Gasteiger partial charge is 0.389 e. The van der Waals surface area contributed by atoms with Crippen molar-refractivity contribution in [1.29, 1.82) is 0 Å². The average Bonchev–Trinajstić information content (AvgIpc) is 2.35. The average molecular weight is 267 g/mol. The Kier molecular flexibility index (Phi) is 6.32. The summed E-state index contributed by atoms with van der Waals surface area (Å²) in [5.41, 5.74) is -0.552. The van der Waals surface area contributed by atoms with Gasteiger partial charge in [0.2, 0.25) is 0 Å². The van der Waals surface area contributed by atoms with E-state index in [1.807, 2.05) is 13.8 Å². The lowest BCUT2D eigenvalue weighted by atomic mass is 9.92. The molecule has 1 rings (SSSR count). The van der Waals surface area contributed by atoms with Crippen LogP contribution in [-0.4, -0.2) is 48.0 Å². The number of aliphatic hydroxyl groups excluding tert-OH is 1. The summed E-state index contributed by atoms with van der Waals surface area (Å²) in [5, 5.41) is 10.1. The molecule has 1 N–H and O–H groups in total. The predicted molar refractivity (Wildman–Crippen MR) is 78.9 cm³/mol. The number of nitrogens with zero attached hydrogens (tertiary/aromatic N) is 1. The van der Waals surface area contributed by atoms with Crippen LogP contribution in [0.2, 0.25) is 0 Å². The molecule has 4 atom stereocenters. The van der Waals surface area contributed by atoms with Crippen molar-refractivity contribution in [2.24, 2.45) is 11.8 Å². The Morgan fingerprint density at radius 1 is 1.42 bits per heavy atom. The van der Waals surface area contributed by atoms with Crippen LogP contribution in [-0.2, 0) is 4.74 Å². The van der Waals surface area contributed by atoms with Crippen LogP contribution < -0.4 is 0 Å². The highest BCUT2D eigenvalue weighted by molar-refractivity contribution is 5.05. The molecule has 1 aliphatic heterocycles. The van der Waals surface area contributed by atoms with Gasteiger partial charge in [-0.1, -0.05) is 26.7 Å². The Balaban J connectivity index is 2.35. The Hall–Kier alpha value is -0.560. The maximum absolute atomic E-state index is 10.1. The molecule has 110 valence electrons. The number of hydrogen-bond donors (Lipinski definition) is 1. The van der Waals surface area contributed by atoms with E-state index in [9.17, 15) is 5.11 Å². The SMILES string of the molecule is C#C[C@](C)(CC)OC[C@H](O)CN1C[C@H](C)C[C@@H](C)C1. The summed E-state index contributed by atoms with van der Waals surface area (Å²) in [4.78, 5) is 2.34. The lowest BCUT2D eigenvalue weighted by Crippen LogP contribution is -2.44. The van der Waals surface area contributed by atoms with E-state index >= 15 is 0 Å². The summed E-state index contributed by atoms with van der Waals surface area (Å²) in [5.74, 6) is 4.08. The van der Waals surface area contributed by atoms with Crippen LogP contribution in [0.25, 0.3) is 0 Å². The quantitative estimate of drug-likeness (QED) is 0.749. The lowest BCUT2D eigenvalue weighted by molar-refractivity contribution is -0.0511. The lowest BCUT2D eigenvalue weighted by Gasteiger charge is -2.36. The summed E-state index contributed by atoms with van der Waals surface area (Å²) < 4.78 is 5.67. The summed E-state index contributed by atoms with van der Waals surface area (Å²) in [6, 6.07) is 0. The summed E-state index contributed by atoms with van der Waals surface area (Å²) >= 11 is 0. The molecule has 1 aliphatic rings. The molecular formula is C16H29NO2. The molecule has 0 amide bonds. The van der Waals surface area contributed by atoms with E-state index in [2.05, 4.69) is 24.7 Å². The van der Waals surface area contributed by atoms with Crippen molar-refractivity contribution in [2.75, 3.05) is 26.2 Å². The Labute approximate surface area is 118 Å². The maximum atomic E-state index is 10.1. The van der Waals surface area contributed by atoms with Gasteiger partial charge in [0.15, 0.2) is 0 Å². The third kappa shape index (κ3) is 5.52. The maximum Gasteiger partial charge on any atom is 0.125 e. The van der Waals surface area contributed by atoms with Crippen molar-refractivity contribution in [3.8, 4) is 12.3 Å². The van der Waals surface area contributed by atoms with Crippen LogP contribution in [0.3, 0.4) is 0 Å². The highest BCUT2D eigenvalue weighted by Gasteiger charge is 2.25. The molecule has 3 nitrogen and oxygen atoms in total. The molecule has 0 aromatic rings. The van der Waals surface area contributed by atoms with Crippen LogP contribution in [0.4, 0.5) is 0 Å². The minimum absolute atomic E-state index is 0.313. The zero-order chi connectivity index (χ0) is 14.5. The van der Waals surface area contributed by atoms with Gasteiger partial charge in [-0.05, 0) is 31.6 Å². The number of aliphatic hydroxyl groups is 1. The van der Waals surface area contributed by atoms with Crippen LogP contribution in [0.15, 0.2) is 0 Å². The zero-order valence-corrected chi connectivity index (χ0v) is 12.9. The van der Waals surface area contributed by atoms with Gasteiger partial charge < -0.3 is 14.7 Å². The van der Waals surface area contributed by atoms with Crippen molar-refractivity contribution in [3.05, 3.63) is 0 Å². The van der Waals surface area contributed by atoms with Gasteiger partial charge in [0.25, 0.3) is 0 Å². The molecule has 1 saturated heterocycles. The van der Waals surface area contributed by atoms with Crippen LogP contribution in [0.5, 0.6) is 0 Å². The molecule has 0 aliphatic carbocycles. The van der Waals surface area contributed by atoms with Gasteiger partial charge in [-0.3, -0.25) is 0 Å². The topological polar surface area (TPSA) is 32.7 Å². The van der Waals surface area contributed by atoms with Crippen LogP contribution in [0, 0.1) is 24.2 Å². The Morgan fingerprint density at radius 2 is 2.00 bits per heavy atom. The molecule has 0 spiro atoms. The second kappa shape index (κ2) is 7.28. The number of terminal acetylenes is 1. The second-order valence-electron chi connectivity index (χ2n) is 6.36. The van der Waals surface area contributed by atoms with Crippen molar-refractivity contribution in [1.82, 2.24) is 4.90 Å². The molecule has 0 radical (unpaired) electrons. The first kappa shape index (κ1) is 16.5. The first-order valence-electron chi connectivity index (χ1n) is 7.40. The van der Waals surface area contributed by atoms with Gasteiger partial charge in [-0.25, -0.2) is 0 Å². The van der Waals surface area contributed by atoms with Gasteiger partial charge in [-0.2, -0.15) is 0 Å². The third-order valence-corrected chi connectivity index (χ3v) is 3.99. The normalized spacial score (nSPS) is 29.5. The monoisotopic (exact) mass is 267 g/mol. The second-order valence-corrected chi connectivity index (χ2v) is 6.36. The fraction of sp³-hybridized carbons (Fsp3) is 0.875. The molecule has 19 heavy (non-hydrogen) atoms. The van der Waals surface area contributed by atoms with Gasteiger partial charge in [0.1, 0.15) is 5.60 Å². The minimum Gasteiger partial charge on any atom is -0.389 e. The Bertz CT molecular complexity index is 302. The number of β-amino-alcohol motifs (C(OH)–C–C–N with tert-alkyl or cyclic N) is 1. The molecule has 3 heteroatoms. The van der Waals surface area contributed by atoms with Gasteiger partial charge in [-0.15, -0.1) is 6.42 Å². The third-order valence-electron chi connectivity index (χ3n) is 3.99. The zero-order valence-electron chi connectivity index (χ0n) is 12.9. The van der Waals surface area contributed by atoms with Gasteiger partial charge in [0.05, 0.1) is 12.7 Å². The first-order valence-corrected chi connectivity index (χ1v) is 7.40. The van der Waals surface area contributed by atoms with E-state index in [0.717, 1.165) is 19.5 Å². The van der Waals surface area contributed by atoms with Crippen LogP contribution in [0.1, 0.15) is 40.5 Å². The van der Waals surface area contributed by atoms with Crippen molar-refractivity contribution < 1.29 is 9.84 Å². The van der Waals surface area contributed by atoms with E-state index < -0.39 is 11.7 Å². The molecule has 0 aromatic heterocycles. The van der Waals surface area contributed by atoms with Crippen molar-refractivity contribution in [3.63, 3.8) is 0 Å². The summed E-state index contributed by atoms with van der Waals surface area (Å²) in [6.07, 6.45) is 7.04. The fourth-order valence-electron chi connectivity index (χ4n) is 2.82. The number of hydrogen-bond acceptors (Lipinski definition) is 3. The predicted octanol–water partition coefficient (Wildman–Crippen LogP) is 2.14. The van der Waals surface area contributed by atoms with E-state index in [1.165, 1.54) is 6.42 Å². The molecule has 0 bridgehead atoms. The number of likely N-dealkylation sites (tertiary alicyclic amines) is 1. The first-order chi connectivity index (χ1) is 8.88. The number of piperidine rings is 1. The fourth-order valence-corrected chi connectivity index (χ4v) is 2.82. The molecule has 1 heterocycles. The molecule has 0 saturated carbocycles. The van der Waals surface area contributed by atoms with E-state index in [1.54, 1.807) is 0 Å². The number of rotatable bonds is 6. The highest BCUT2D eigenvalue weighted by Crippen LogP contribution is 2.21. The van der Waals surface area contributed by atoms with Crippen molar-refractivity contribution in [2.45, 2.75) is 52.2 Å². The summed E-state index contributed by atoms with van der Waals surface area (Å²) in [7, 11) is 0. The molecule has 1 fully saturated rings. The van der Waals surface area contributed by atoms with E-state index in [-0.39, 0.29) is 0 Å². The number of ether oxygens (including phenoxy) is 1. The molecule has 0 aromatic carbocycles. The van der Waals surface area contributed by atoms with Gasteiger partial charge >= 0.3 is 0 Å². The smallest absolute Gasteiger partial charge is 0.125 e.